The van der Waals surface area contributed by atoms with Gasteiger partial charge in [0.1, 0.15) is 6.26 Å². The summed E-state index contributed by atoms with van der Waals surface area (Å²) in [5.74, 6) is 1.01. The quantitative estimate of drug-likeness (QED) is 0.576. The van der Waals surface area contributed by atoms with Crippen LogP contribution in [0.4, 0.5) is 0 Å². The number of aromatic nitrogens is 1. The van der Waals surface area contributed by atoms with Crippen molar-refractivity contribution in [2.75, 3.05) is 39.8 Å². The lowest BCUT2D eigenvalue weighted by Crippen LogP contribution is -2.52. The maximum absolute atomic E-state index is 12.0. The lowest BCUT2D eigenvalue weighted by molar-refractivity contribution is -0.121. The number of hydrogen-bond donors (Lipinski definition) is 2. The number of rotatable bonds is 6. The second-order valence-corrected chi connectivity index (χ2v) is 7.03. The molecule has 1 aromatic heterocycles. The molecule has 1 saturated carbocycles. The monoisotopic (exact) mass is 362 g/mol. The van der Waals surface area contributed by atoms with Crippen molar-refractivity contribution in [3.63, 3.8) is 0 Å². The number of nitrogens with one attached hydrogen (secondary N) is 2. The third-order valence-corrected chi connectivity index (χ3v) is 5.12. The molecule has 0 spiro atoms. The van der Waals surface area contributed by atoms with Crippen LogP contribution in [0.5, 0.6) is 0 Å². The van der Waals surface area contributed by atoms with Gasteiger partial charge < -0.3 is 20.1 Å². The van der Waals surface area contributed by atoms with E-state index < -0.39 is 0 Å². The number of aliphatic imine (C=N–C) groups is 1. The first-order valence-corrected chi connectivity index (χ1v) is 9.61. The summed E-state index contributed by atoms with van der Waals surface area (Å²) in [6.07, 6.45) is 6.82. The van der Waals surface area contributed by atoms with E-state index in [0.717, 1.165) is 57.2 Å². The van der Waals surface area contributed by atoms with E-state index in [1.807, 2.05) is 6.07 Å². The fourth-order valence-corrected chi connectivity index (χ4v) is 3.66. The predicted molar refractivity (Wildman–Crippen MR) is 99.7 cm³/mol. The van der Waals surface area contributed by atoms with Crippen LogP contribution in [-0.2, 0) is 11.3 Å². The van der Waals surface area contributed by atoms with Gasteiger partial charge in [-0.2, -0.15) is 0 Å². The molecule has 1 aromatic rings. The first-order valence-electron chi connectivity index (χ1n) is 9.61. The zero-order valence-electron chi connectivity index (χ0n) is 15.6. The largest absolute Gasteiger partial charge is 0.364 e. The van der Waals surface area contributed by atoms with Crippen molar-refractivity contribution in [1.82, 2.24) is 25.6 Å². The van der Waals surface area contributed by atoms with Gasteiger partial charge in [0.05, 0.1) is 5.69 Å². The van der Waals surface area contributed by atoms with Gasteiger partial charge in [0.15, 0.2) is 5.96 Å². The minimum Gasteiger partial charge on any atom is -0.364 e. The molecule has 2 aliphatic rings. The Kier molecular flexibility index (Phi) is 6.88. The normalized spacial score (nSPS) is 19.7. The van der Waals surface area contributed by atoms with Crippen molar-refractivity contribution < 1.29 is 9.32 Å². The average molecular weight is 362 g/mol. The number of carbonyl (C=O) groups excluding carboxylic acids is 1. The topological polar surface area (TPSA) is 86.0 Å². The summed E-state index contributed by atoms with van der Waals surface area (Å²) in [4.78, 5) is 21.0. The van der Waals surface area contributed by atoms with E-state index in [0.29, 0.717) is 19.0 Å². The fourth-order valence-electron chi connectivity index (χ4n) is 3.66. The number of hydrogen-bond acceptors (Lipinski definition) is 5. The van der Waals surface area contributed by atoms with Crippen molar-refractivity contribution in [1.29, 1.82) is 0 Å². The van der Waals surface area contributed by atoms with Gasteiger partial charge in [-0.15, -0.1) is 0 Å². The van der Waals surface area contributed by atoms with E-state index in [1.54, 1.807) is 13.3 Å². The number of carbonyl (C=O) groups is 1. The maximum Gasteiger partial charge on any atom is 0.221 e. The molecule has 2 heterocycles. The van der Waals surface area contributed by atoms with Gasteiger partial charge in [0.2, 0.25) is 5.91 Å². The first-order chi connectivity index (χ1) is 12.7. The lowest BCUT2D eigenvalue weighted by atomic mass is 10.2. The second-order valence-electron chi connectivity index (χ2n) is 7.03. The SMILES string of the molecule is CN=C(NCCC(=O)NC1CCCC1)N1CCN(Cc2ccon2)CC1. The Balaban J connectivity index is 1.34. The number of nitrogens with zero attached hydrogens (tertiary/aromatic N) is 4. The van der Waals surface area contributed by atoms with Gasteiger partial charge in [-0.05, 0) is 12.8 Å². The highest BCUT2D eigenvalue weighted by Crippen LogP contribution is 2.17. The summed E-state index contributed by atoms with van der Waals surface area (Å²) in [5.41, 5.74) is 0.967. The Labute approximate surface area is 155 Å². The molecule has 0 unspecified atom stereocenters. The highest BCUT2D eigenvalue weighted by atomic mass is 16.5. The van der Waals surface area contributed by atoms with E-state index in [9.17, 15) is 4.79 Å². The zero-order chi connectivity index (χ0) is 18.2. The second kappa shape index (κ2) is 9.56. The molecule has 2 N–H and O–H groups in total. The van der Waals surface area contributed by atoms with E-state index in [1.165, 1.54) is 12.8 Å². The Morgan fingerprint density at radius 2 is 2.08 bits per heavy atom. The number of amides is 1. The summed E-state index contributed by atoms with van der Waals surface area (Å²) in [5, 5.41) is 10.4. The highest BCUT2D eigenvalue weighted by molar-refractivity contribution is 5.81. The molecule has 3 rings (SSSR count). The Morgan fingerprint density at radius 1 is 1.31 bits per heavy atom. The predicted octanol–water partition coefficient (Wildman–Crippen LogP) is 0.817. The van der Waals surface area contributed by atoms with Crippen LogP contribution in [0.2, 0.25) is 0 Å². The molecule has 0 aromatic carbocycles. The van der Waals surface area contributed by atoms with Crippen LogP contribution in [0.25, 0.3) is 0 Å². The van der Waals surface area contributed by atoms with Crippen LogP contribution in [0.15, 0.2) is 21.8 Å². The molecular weight excluding hydrogens is 332 g/mol. The minimum atomic E-state index is 0.136. The molecule has 8 nitrogen and oxygen atoms in total. The van der Waals surface area contributed by atoms with Gasteiger partial charge >= 0.3 is 0 Å². The standard InChI is InChI=1S/C18H30N6O2/c1-19-18(20-8-6-17(25)21-15-4-2-3-5-15)24-11-9-23(10-12-24)14-16-7-13-26-22-16/h7,13,15H,2-6,8-12,14H2,1H3,(H,19,20)(H,21,25). The number of piperazine rings is 1. The van der Waals surface area contributed by atoms with Crippen LogP contribution in [0.3, 0.4) is 0 Å². The molecule has 0 atom stereocenters. The van der Waals surface area contributed by atoms with Gasteiger partial charge in [0.25, 0.3) is 0 Å². The lowest BCUT2D eigenvalue weighted by Gasteiger charge is -2.36. The Morgan fingerprint density at radius 3 is 2.73 bits per heavy atom. The Bertz CT molecular complexity index is 575. The van der Waals surface area contributed by atoms with Gasteiger partial charge in [-0.1, -0.05) is 18.0 Å². The molecule has 2 fully saturated rings. The Hall–Kier alpha value is -2.09. The van der Waals surface area contributed by atoms with Crippen molar-refractivity contribution in [3.05, 3.63) is 18.0 Å². The van der Waals surface area contributed by atoms with Crippen molar-refractivity contribution >= 4 is 11.9 Å². The van der Waals surface area contributed by atoms with E-state index in [4.69, 9.17) is 4.52 Å². The van der Waals surface area contributed by atoms with Crippen LogP contribution in [0.1, 0.15) is 37.8 Å². The zero-order valence-corrected chi connectivity index (χ0v) is 15.6. The summed E-state index contributed by atoms with van der Waals surface area (Å²) < 4.78 is 4.89. The van der Waals surface area contributed by atoms with Gasteiger partial charge in [-0.25, -0.2) is 0 Å². The maximum atomic E-state index is 12.0. The molecule has 1 aliphatic heterocycles. The van der Waals surface area contributed by atoms with E-state index in [-0.39, 0.29) is 5.91 Å². The molecule has 0 bridgehead atoms. The van der Waals surface area contributed by atoms with Crippen LogP contribution in [-0.4, -0.2) is 72.6 Å². The molecule has 1 saturated heterocycles. The highest BCUT2D eigenvalue weighted by Gasteiger charge is 2.21. The molecular formula is C18H30N6O2. The smallest absolute Gasteiger partial charge is 0.221 e. The average Bonchev–Trinajstić information content (AvgIpc) is 3.34. The molecule has 1 aliphatic carbocycles. The van der Waals surface area contributed by atoms with Crippen molar-refractivity contribution in [2.24, 2.45) is 4.99 Å². The summed E-state index contributed by atoms with van der Waals surface area (Å²) >= 11 is 0. The molecule has 1 amide bonds. The molecule has 0 radical (unpaired) electrons. The summed E-state index contributed by atoms with van der Waals surface area (Å²) in [6, 6.07) is 2.29. The third kappa shape index (κ3) is 5.45. The van der Waals surface area contributed by atoms with Crippen LogP contribution < -0.4 is 10.6 Å². The van der Waals surface area contributed by atoms with E-state index in [2.05, 4.69) is 30.6 Å². The molecule has 144 valence electrons. The van der Waals surface area contributed by atoms with Crippen molar-refractivity contribution in [2.45, 2.75) is 44.7 Å². The van der Waals surface area contributed by atoms with Gasteiger partial charge in [-0.3, -0.25) is 14.7 Å². The number of guanidine groups is 1. The van der Waals surface area contributed by atoms with E-state index >= 15 is 0 Å². The first kappa shape index (κ1) is 18.7. The minimum absolute atomic E-state index is 0.136. The van der Waals surface area contributed by atoms with Crippen LogP contribution >= 0.6 is 0 Å². The van der Waals surface area contributed by atoms with Gasteiger partial charge in [0, 0.05) is 64.8 Å². The molecule has 26 heavy (non-hydrogen) atoms. The summed E-state index contributed by atoms with van der Waals surface area (Å²) in [7, 11) is 1.79. The van der Waals surface area contributed by atoms with Crippen molar-refractivity contribution in [3.8, 4) is 0 Å². The fraction of sp³-hybridized carbons (Fsp3) is 0.722. The molecule has 8 heteroatoms. The summed E-state index contributed by atoms with van der Waals surface area (Å²) in [6.45, 7) is 5.16. The van der Waals surface area contributed by atoms with Crippen LogP contribution in [0, 0.1) is 0 Å². The third-order valence-electron chi connectivity index (χ3n) is 5.12.